The van der Waals surface area contributed by atoms with Crippen LogP contribution in [-0.4, -0.2) is 9.97 Å². The van der Waals surface area contributed by atoms with E-state index in [-0.39, 0.29) is 10.8 Å². The molecule has 1 aliphatic carbocycles. The second-order valence-corrected chi connectivity index (χ2v) is 14.3. The summed E-state index contributed by atoms with van der Waals surface area (Å²) < 4.78 is 0. The predicted octanol–water partition coefficient (Wildman–Crippen LogP) is 11.5. The average Bonchev–Trinajstić information content (AvgIpc) is 3.44. The lowest BCUT2D eigenvalue weighted by Gasteiger charge is -2.44. The summed E-state index contributed by atoms with van der Waals surface area (Å²) in [4.78, 5) is 14.7. The van der Waals surface area contributed by atoms with Gasteiger partial charge in [-0.3, -0.25) is 9.97 Å². The van der Waals surface area contributed by atoms with Gasteiger partial charge in [0.05, 0.1) is 45.5 Å². The SMILES string of the molecule is CC1(C)c2ccccc2N(c2ccc3c4c(ccc(N5c6ccccc6C(C)(C)c6ccccc65)c24)-c2nccnc2-3)c2ccccc21. The van der Waals surface area contributed by atoms with Crippen LogP contribution in [0, 0.1) is 0 Å². The number of hydrogen-bond donors (Lipinski definition) is 0. The summed E-state index contributed by atoms with van der Waals surface area (Å²) in [5, 5.41) is 2.39. The molecule has 0 bridgehead atoms. The van der Waals surface area contributed by atoms with Crippen LogP contribution in [0.25, 0.3) is 33.3 Å². The van der Waals surface area contributed by atoms with E-state index in [1.165, 1.54) is 55.8 Å². The summed E-state index contributed by atoms with van der Waals surface area (Å²) in [6.45, 7) is 9.38. The molecule has 0 unspecified atom stereocenters. The van der Waals surface area contributed by atoms with Gasteiger partial charge in [0, 0.05) is 45.1 Å². The van der Waals surface area contributed by atoms with Crippen LogP contribution in [0.4, 0.5) is 34.1 Å². The smallest absolute Gasteiger partial charge is 0.0971 e. The lowest BCUT2D eigenvalue weighted by molar-refractivity contribution is 0.632. The van der Waals surface area contributed by atoms with E-state index in [4.69, 9.17) is 9.97 Å². The van der Waals surface area contributed by atoms with Gasteiger partial charge in [0.2, 0.25) is 0 Å². The molecule has 2 aliphatic heterocycles. The van der Waals surface area contributed by atoms with Gasteiger partial charge < -0.3 is 9.80 Å². The molecule has 0 saturated heterocycles. The highest BCUT2D eigenvalue weighted by atomic mass is 15.2. The number of fused-ring (bicyclic) bond motifs is 7. The Kier molecular flexibility index (Phi) is 5.37. The highest BCUT2D eigenvalue weighted by Gasteiger charge is 2.41. The van der Waals surface area contributed by atoms with E-state index in [9.17, 15) is 0 Å². The number of rotatable bonds is 2. The van der Waals surface area contributed by atoms with Crippen LogP contribution in [0.3, 0.4) is 0 Å². The molecule has 4 heteroatoms. The zero-order chi connectivity index (χ0) is 32.4. The van der Waals surface area contributed by atoms with Crippen molar-refractivity contribution in [2.24, 2.45) is 0 Å². The molecule has 0 fully saturated rings. The first-order valence-corrected chi connectivity index (χ1v) is 16.8. The Labute approximate surface area is 281 Å². The lowest BCUT2D eigenvalue weighted by atomic mass is 9.73. The van der Waals surface area contributed by atoms with Crippen molar-refractivity contribution in [2.75, 3.05) is 9.80 Å². The molecule has 4 nitrogen and oxygen atoms in total. The van der Waals surface area contributed by atoms with Gasteiger partial charge in [0.15, 0.2) is 0 Å². The van der Waals surface area contributed by atoms with Gasteiger partial charge in [0.1, 0.15) is 0 Å². The third kappa shape index (κ3) is 3.39. The van der Waals surface area contributed by atoms with Gasteiger partial charge in [-0.25, -0.2) is 0 Å². The van der Waals surface area contributed by atoms with Crippen molar-refractivity contribution in [3.05, 3.63) is 156 Å². The van der Waals surface area contributed by atoms with E-state index in [1.54, 1.807) is 0 Å². The molecule has 7 aromatic rings. The fourth-order valence-corrected chi connectivity index (χ4v) is 8.82. The molecule has 0 atom stereocenters. The fraction of sp³-hybridized carbons (Fsp3) is 0.136. The summed E-state index contributed by atoms with van der Waals surface area (Å²) in [6, 6.07) is 44.8. The summed E-state index contributed by atoms with van der Waals surface area (Å²) in [5.74, 6) is 0. The van der Waals surface area contributed by atoms with Crippen molar-refractivity contribution in [2.45, 2.75) is 38.5 Å². The van der Waals surface area contributed by atoms with Gasteiger partial charge in [-0.2, -0.15) is 0 Å². The number of benzene rings is 6. The minimum atomic E-state index is -0.151. The van der Waals surface area contributed by atoms with Crippen LogP contribution in [0.5, 0.6) is 0 Å². The maximum Gasteiger partial charge on any atom is 0.0971 e. The Morgan fingerprint density at radius 3 is 1.06 bits per heavy atom. The Morgan fingerprint density at radius 1 is 0.375 bits per heavy atom. The van der Waals surface area contributed by atoms with E-state index in [0.29, 0.717) is 0 Å². The summed E-state index contributed by atoms with van der Waals surface area (Å²) >= 11 is 0. The molecule has 0 saturated carbocycles. The predicted molar refractivity (Wildman–Crippen MR) is 198 cm³/mol. The highest BCUT2D eigenvalue weighted by molar-refractivity contribution is 6.23. The first-order valence-electron chi connectivity index (χ1n) is 16.8. The van der Waals surface area contributed by atoms with E-state index in [0.717, 1.165) is 33.9 Å². The molecule has 1 aromatic heterocycles. The van der Waals surface area contributed by atoms with Gasteiger partial charge in [-0.05, 0) is 70.8 Å². The summed E-state index contributed by atoms with van der Waals surface area (Å²) in [7, 11) is 0. The standard InChI is InChI=1S/C44H34N4/c1-43(2)29-13-5-9-17-33(29)47(34-18-10-6-14-30(34)43)37-23-21-27-39-28(42-41(27)45-25-26-46-42)22-24-38(40(37)39)48-35-19-11-7-15-31(35)44(3,4)32-16-8-12-20-36(32)48/h5-26H,1-4H3. The quantitative estimate of drug-likeness (QED) is 0.193. The van der Waals surface area contributed by atoms with E-state index >= 15 is 0 Å². The molecule has 0 spiro atoms. The Morgan fingerprint density at radius 2 is 0.708 bits per heavy atom. The molecule has 0 N–H and O–H groups in total. The Balaban J connectivity index is 1.36. The zero-order valence-corrected chi connectivity index (χ0v) is 27.5. The van der Waals surface area contributed by atoms with Crippen molar-refractivity contribution < 1.29 is 0 Å². The monoisotopic (exact) mass is 618 g/mol. The van der Waals surface area contributed by atoms with Crippen molar-refractivity contribution in [3.8, 4) is 22.5 Å². The van der Waals surface area contributed by atoms with Crippen molar-refractivity contribution in [3.63, 3.8) is 0 Å². The molecule has 0 radical (unpaired) electrons. The topological polar surface area (TPSA) is 32.3 Å². The van der Waals surface area contributed by atoms with Crippen LogP contribution < -0.4 is 9.80 Å². The number of hydrogen-bond acceptors (Lipinski definition) is 4. The number of para-hydroxylation sites is 4. The van der Waals surface area contributed by atoms with Crippen LogP contribution in [0.2, 0.25) is 0 Å². The lowest BCUT2D eigenvalue weighted by Crippen LogP contribution is -2.31. The van der Waals surface area contributed by atoms with E-state index in [1.807, 2.05) is 12.4 Å². The van der Waals surface area contributed by atoms with Crippen LogP contribution in [-0.2, 0) is 10.8 Å². The van der Waals surface area contributed by atoms with Gasteiger partial charge >= 0.3 is 0 Å². The molecule has 3 heterocycles. The van der Waals surface area contributed by atoms with Gasteiger partial charge in [0.25, 0.3) is 0 Å². The second kappa shape index (κ2) is 9.42. The van der Waals surface area contributed by atoms with Gasteiger partial charge in [-0.15, -0.1) is 0 Å². The molecule has 6 aromatic carbocycles. The molecule has 10 rings (SSSR count). The Bertz CT molecular complexity index is 2220. The van der Waals surface area contributed by atoms with E-state index in [2.05, 4.69) is 159 Å². The maximum atomic E-state index is 4.88. The fourth-order valence-electron chi connectivity index (χ4n) is 8.82. The third-order valence-electron chi connectivity index (χ3n) is 11.1. The number of anilines is 6. The summed E-state index contributed by atoms with van der Waals surface area (Å²) in [5.41, 5.74) is 16.2. The first-order chi connectivity index (χ1) is 23.4. The number of nitrogens with zero attached hydrogens (tertiary/aromatic N) is 4. The third-order valence-corrected chi connectivity index (χ3v) is 11.1. The molecular formula is C44H34N4. The maximum absolute atomic E-state index is 4.88. The largest absolute Gasteiger partial charge is 0.309 e. The van der Waals surface area contributed by atoms with Gasteiger partial charge in [-0.1, -0.05) is 100 Å². The van der Waals surface area contributed by atoms with Crippen LogP contribution in [0.15, 0.2) is 134 Å². The van der Waals surface area contributed by atoms with Crippen LogP contribution >= 0.6 is 0 Å². The molecule has 230 valence electrons. The normalized spacial score (nSPS) is 15.8. The molecule has 48 heavy (non-hydrogen) atoms. The average molecular weight is 619 g/mol. The second-order valence-electron chi connectivity index (χ2n) is 14.3. The highest BCUT2D eigenvalue weighted by Crippen LogP contribution is 2.59. The molecule has 0 amide bonds. The van der Waals surface area contributed by atoms with E-state index < -0.39 is 0 Å². The Hall–Kier alpha value is -5.74. The minimum Gasteiger partial charge on any atom is -0.309 e. The molecular weight excluding hydrogens is 585 g/mol. The van der Waals surface area contributed by atoms with Crippen LogP contribution in [0.1, 0.15) is 49.9 Å². The molecule has 3 aliphatic rings. The first kappa shape index (κ1) is 27.4. The zero-order valence-electron chi connectivity index (χ0n) is 27.5. The van der Waals surface area contributed by atoms with Crippen molar-refractivity contribution in [1.29, 1.82) is 0 Å². The van der Waals surface area contributed by atoms with Crippen molar-refractivity contribution in [1.82, 2.24) is 9.97 Å². The summed E-state index contributed by atoms with van der Waals surface area (Å²) in [6.07, 6.45) is 3.62. The van der Waals surface area contributed by atoms with Crippen molar-refractivity contribution >= 4 is 44.9 Å². The number of aromatic nitrogens is 2. The minimum absolute atomic E-state index is 0.151.